The average Bonchev–Trinajstić information content (AvgIpc) is 2.29. The standard InChI is InChI=1S/C15H22FNS/c1-5-17-14-12-7-11(16)6-10(4)13(12)8-18-15(14)9(2)3/h6-7,9,14-15,17H,5,8H2,1-4H3. The van der Waals surface area contributed by atoms with Gasteiger partial charge < -0.3 is 5.32 Å². The fourth-order valence-electron chi connectivity index (χ4n) is 2.75. The first kappa shape index (κ1) is 13.9. The maximum absolute atomic E-state index is 13.7. The Kier molecular flexibility index (Phi) is 4.33. The zero-order valence-corrected chi connectivity index (χ0v) is 12.4. The monoisotopic (exact) mass is 267 g/mol. The van der Waals surface area contributed by atoms with Gasteiger partial charge in [-0.1, -0.05) is 20.8 Å². The highest BCUT2D eigenvalue weighted by Gasteiger charge is 2.32. The Morgan fingerprint density at radius 2 is 2.17 bits per heavy atom. The minimum absolute atomic E-state index is 0.108. The molecule has 18 heavy (non-hydrogen) atoms. The minimum Gasteiger partial charge on any atom is -0.309 e. The molecule has 0 aromatic heterocycles. The summed E-state index contributed by atoms with van der Waals surface area (Å²) in [5, 5.41) is 4.07. The van der Waals surface area contributed by atoms with Gasteiger partial charge in [-0.15, -0.1) is 0 Å². The molecule has 0 spiro atoms. The van der Waals surface area contributed by atoms with Crippen molar-refractivity contribution >= 4 is 11.8 Å². The molecule has 0 saturated heterocycles. The van der Waals surface area contributed by atoms with Crippen LogP contribution in [0.2, 0.25) is 0 Å². The van der Waals surface area contributed by atoms with Crippen LogP contribution < -0.4 is 5.32 Å². The minimum atomic E-state index is -0.108. The normalized spacial score (nSPS) is 23.2. The van der Waals surface area contributed by atoms with Crippen molar-refractivity contribution in [1.29, 1.82) is 0 Å². The summed E-state index contributed by atoms with van der Waals surface area (Å²) in [6.07, 6.45) is 0. The molecule has 0 fully saturated rings. The third kappa shape index (κ3) is 2.57. The second-order valence-corrected chi connectivity index (χ2v) is 6.51. The molecule has 1 aromatic rings. The van der Waals surface area contributed by atoms with Crippen molar-refractivity contribution < 1.29 is 4.39 Å². The molecule has 1 nitrogen and oxygen atoms in total. The molecule has 1 aromatic carbocycles. The second kappa shape index (κ2) is 5.62. The number of benzene rings is 1. The lowest BCUT2D eigenvalue weighted by Gasteiger charge is -2.37. The quantitative estimate of drug-likeness (QED) is 0.886. The van der Waals surface area contributed by atoms with Crippen molar-refractivity contribution in [2.75, 3.05) is 6.54 Å². The number of aryl methyl sites for hydroxylation is 1. The Labute approximate surface area is 114 Å². The van der Waals surface area contributed by atoms with Gasteiger partial charge >= 0.3 is 0 Å². The highest BCUT2D eigenvalue weighted by atomic mass is 32.2. The summed E-state index contributed by atoms with van der Waals surface area (Å²) in [5.74, 6) is 1.49. The smallest absolute Gasteiger partial charge is 0.123 e. The maximum atomic E-state index is 13.7. The van der Waals surface area contributed by atoms with E-state index in [1.165, 1.54) is 11.1 Å². The average molecular weight is 267 g/mol. The zero-order chi connectivity index (χ0) is 13.3. The maximum Gasteiger partial charge on any atom is 0.123 e. The van der Waals surface area contributed by atoms with Gasteiger partial charge in [0.15, 0.2) is 0 Å². The fraction of sp³-hybridized carbons (Fsp3) is 0.600. The molecule has 3 heteroatoms. The van der Waals surface area contributed by atoms with Crippen LogP contribution in [0.1, 0.15) is 43.5 Å². The summed E-state index contributed by atoms with van der Waals surface area (Å²) in [6.45, 7) is 9.55. The third-order valence-electron chi connectivity index (χ3n) is 3.64. The Morgan fingerprint density at radius 3 is 2.78 bits per heavy atom. The molecule has 1 N–H and O–H groups in total. The van der Waals surface area contributed by atoms with Gasteiger partial charge in [0, 0.05) is 17.0 Å². The van der Waals surface area contributed by atoms with Crippen molar-refractivity contribution in [3.8, 4) is 0 Å². The molecule has 0 radical (unpaired) electrons. The molecule has 2 atom stereocenters. The summed E-state index contributed by atoms with van der Waals surface area (Å²) in [6, 6.07) is 3.65. The highest BCUT2D eigenvalue weighted by molar-refractivity contribution is 7.99. The van der Waals surface area contributed by atoms with E-state index in [1.54, 1.807) is 12.1 Å². The van der Waals surface area contributed by atoms with Gasteiger partial charge in [-0.25, -0.2) is 4.39 Å². The SMILES string of the molecule is CCNC1c2cc(F)cc(C)c2CSC1C(C)C. The topological polar surface area (TPSA) is 12.0 Å². The molecule has 0 saturated carbocycles. The number of thioether (sulfide) groups is 1. The van der Waals surface area contributed by atoms with Crippen LogP contribution in [0.25, 0.3) is 0 Å². The van der Waals surface area contributed by atoms with E-state index in [1.807, 2.05) is 18.7 Å². The number of nitrogens with one attached hydrogen (secondary N) is 1. The van der Waals surface area contributed by atoms with Crippen molar-refractivity contribution in [3.05, 3.63) is 34.6 Å². The second-order valence-electron chi connectivity index (χ2n) is 5.35. The van der Waals surface area contributed by atoms with Crippen molar-refractivity contribution in [3.63, 3.8) is 0 Å². The Hall–Kier alpha value is -0.540. The molecule has 100 valence electrons. The summed E-state index contributed by atoms with van der Waals surface area (Å²) in [4.78, 5) is 0. The van der Waals surface area contributed by atoms with E-state index in [2.05, 4.69) is 26.1 Å². The van der Waals surface area contributed by atoms with Gasteiger partial charge in [0.2, 0.25) is 0 Å². The lowest BCUT2D eigenvalue weighted by atomic mass is 9.90. The Balaban J connectivity index is 2.45. The summed E-state index contributed by atoms with van der Waals surface area (Å²) >= 11 is 2.00. The molecule has 1 aliphatic heterocycles. The van der Waals surface area contributed by atoms with Crippen molar-refractivity contribution in [2.45, 2.75) is 44.7 Å². The van der Waals surface area contributed by atoms with E-state index in [9.17, 15) is 4.39 Å². The van der Waals surface area contributed by atoms with Crippen LogP contribution in [0.4, 0.5) is 4.39 Å². The molecule has 1 heterocycles. The Bertz CT molecular complexity index is 431. The van der Waals surface area contributed by atoms with Gasteiger partial charge in [-0.2, -0.15) is 11.8 Å². The van der Waals surface area contributed by atoms with Crippen LogP contribution in [0.3, 0.4) is 0 Å². The predicted octanol–water partition coefficient (Wildman–Crippen LogP) is 4.06. The van der Waals surface area contributed by atoms with Crippen LogP contribution in [0.5, 0.6) is 0 Å². The molecular formula is C15H22FNS. The van der Waals surface area contributed by atoms with Crippen LogP contribution in [0, 0.1) is 18.7 Å². The number of halogens is 1. The van der Waals surface area contributed by atoms with Gasteiger partial charge in [0.1, 0.15) is 5.82 Å². The van der Waals surface area contributed by atoms with Gasteiger partial charge in [-0.3, -0.25) is 0 Å². The van der Waals surface area contributed by atoms with E-state index < -0.39 is 0 Å². The summed E-state index contributed by atoms with van der Waals surface area (Å²) in [5.41, 5.74) is 3.58. The van der Waals surface area contributed by atoms with Crippen LogP contribution in [-0.4, -0.2) is 11.8 Å². The van der Waals surface area contributed by atoms with Gasteiger partial charge in [0.25, 0.3) is 0 Å². The molecule has 0 amide bonds. The lowest BCUT2D eigenvalue weighted by Crippen LogP contribution is -2.36. The molecule has 2 rings (SSSR count). The molecule has 0 bridgehead atoms. The highest BCUT2D eigenvalue weighted by Crippen LogP contribution is 2.42. The van der Waals surface area contributed by atoms with Crippen molar-refractivity contribution in [1.82, 2.24) is 5.32 Å². The van der Waals surface area contributed by atoms with E-state index in [-0.39, 0.29) is 11.9 Å². The van der Waals surface area contributed by atoms with E-state index >= 15 is 0 Å². The van der Waals surface area contributed by atoms with E-state index in [4.69, 9.17) is 0 Å². The number of rotatable bonds is 3. The van der Waals surface area contributed by atoms with Crippen LogP contribution in [-0.2, 0) is 5.75 Å². The fourth-order valence-corrected chi connectivity index (χ4v) is 4.32. The number of hydrogen-bond acceptors (Lipinski definition) is 2. The zero-order valence-electron chi connectivity index (χ0n) is 11.6. The molecule has 1 aliphatic rings. The Morgan fingerprint density at radius 1 is 1.44 bits per heavy atom. The van der Waals surface area contributed by atoms with Crippen LogP contribution >= 0.6 is 11.8 Å². The van der Waals surface area contributed by atoms with E-state index in [0.717, 1.165) is 17.9 Å². The first-order chi connectivity index (χ1) is 8.54. The molecule has 0 aliphatic carbocycles. The molecule has 2 unspecified atom stereocenters. The largest absolute Gasteiger partial charge is 0.309 e. The van der Waals surface area contributed by atoms with Crippen LogP contribution in [0.15, 0.2) is 12.1 Å². The van der Waals surface area contributed by atoms with E-state index in [0.29, 0.717) is 11.2 Å². The predicted molar refractivity (Wildman–Crippen MR) is 77.5 cm³/mol. The number of hydrogen-bond donors (Lipinski definition) is 1. The first-order valence-electron chi connectivity index (χ1n) is 6.68. The first-order valence-corrected chi connectivity index (χ1v) is 7.73. The van der Waals surface area contributed by atoms with Gasteiger partial charge in [-0.05, 0) is 48.2 Å². The van der Waals surface area contributed by atoms with Crippen molar-refractivity contribution in [2.24, 2.45) is 5.92 Å². The van der Waals surface area contributed by atoms with Gasteiger partial charge in [0.05, 0.1) is 0 Å². The summed E-state index contributed by atoms with van der Waals surface area (Å²) in [7, 11) is 0. The third-order valence-corrected chi connectivity index (χ3v) is 5.29. The summed E-state index contributed by atoms with van der Waals surface area (Å²) < 4.78 is 13.7. The number of fused-ring (bicyclic) bond motifs is 1. The lowest BCUT2D eigenvalue weighted by molar-refractivity contribution is 0.444. The molecular weight excluding hydrogens is 245 g/mol.